The van der Waals surface area contributed by atoms with Gasteiger partial charge in [-0.05, 0) is 31.4 Å². The number of allylic oxidation sites excluding steroid dienone is 8. The van der Waals surface area contributed by atoms with Crippen LogP contribution in [0.4, 0.5) is 0 Å². The zero-order valence-corrected chi connectivity index (χ0v) is 14.2. The predicted molar refractivity (Wildman–Crippen MR) is 97.0 cm³/mol. The third kappa shape index (κ3) is 26.8. The molecule has 0 aliphatic carbocycles. The fourth-order valence-corrected chi connectivity index (χ4v) is 1.58. The molecule has 0 saturated heterocycles. The molecule has 0 N–H and O–H groups in total. The molecule has 2 heteroatoms. The van der Waals surface area contributed by atoms with Gasteiger partial charge in [0, 0.05) is 0 Å². The number of hydrogen-bond acceptors (Lipinski definition) is 2. The van der Waals surface area contributed by atoms with Gasteiger partial charge in [0.2, 0.25) is 0 Å². The summed E-state index contributed by atoms with van der Waals surface area (Å²) in [6.07, 6.45) is 26.0. The maximum absolute atomic E-state index is 9.86. The maximum Gasteiger partial charge on any atom is 0.142 e. The number of aldehydes is 2. The van der Waals surface area contributed by atoms with Crippen molar-refractivity contribution in [3.8, 4) is 0 Å². The smallest absolute Gasteiger partial charge is 0.142 e. The summed E-state index contributed by atoms with van der Waals surface area (Å²) in [5.74, 6) is 0. The zero-order chi connectivity index (χ0) is 16.7. The van der Waals surface area contributed by atoms with Crippen LogP contribution in [0, 0.1) is 0 Å². The predicted octanol–water partition coefficient (Wildman–Crippen LogP) is 5.76. The van der Waals surface area contributed by atoms with Crippen LogP contribution in [-0.2, 0) is 9.59 Å². The average Bonchev–Trinajstić information content (AvgIpc) is 2.54. The second-order valence-corrected chi connectivity index (χ2v) is 4.89. The molecule has 0 atom stereocenters. The molecule has 0 radical (unpaired) electrons. The van der Waals surface area contributed by atoms with Gasteiger partial charge in [0.05, 0.1) is 0 Å². The van der Waals surface area contributed by atoms with Crippen LogP contribution < -0.4 is 0 Å². The minimum atomic E-state index is 0.782. The highest BCUT2D eigenvalue weighted by molar-refractivity contribution is 5.65. The lowest BCUT2D eigenvalue weighted by atomic mass is 10.1. The van der Waals surface area contributed by atoms with E-state index in [0.29, 0.717) is 0 Å². The molecular formula is C20H32O2. The monoisotopic (exact) mass is 304 g/mol. The van der Waals surface area contributed by atoms with E-state index in [4.69, 9.17) is 0 Å². The van der Waals surface area contributed by atoms with E-state index in [1.54, 1.807) is 12.2 Å². The van der Waals surface area contributed by atoms with Gasteiger partial charge in [-0.1, -0.05) is 82.4 Å². The largest absolute Gasteiger partial charge is 0.299 e. The summed E-state index contributed by atoms with van der Waals surface area (Å²) in [6.45, 7) is 4.37. The topological polar surface area (TPSA) is 34.1 Å². The van der Waals surface area contributed by atoms with Crippen LogP contribution >= 0.6 is 0 Å². The van der Waals surface area contributed by atoms with E-state index in [0.717, 1.165) is 25.4 Å². The summed E-state index contributed by atoms with van der Waals surface area (Å²) in [4.78, 5) is 19.6. The van der Waals surface area contributed by atoms with Gasteiger partial charge in [-0.25, -0.2) is 0 Å². The zero-order valence-electron chi connectivity index (χ0n) is 14.2. The summed E-state index contributed by atoms with van der Waals surface area (Å²) in [5.41, 5.74) is 0. The van der Waals surface area contributed by atoms with Gasteiger partial charge in [-0.2, -0.15) is 0 Å². The summed E-state index contributed by atoms with van der Waals surface area (Å²) in [5, 5.41) is 0. The molecule has 2 nitrogen and oxygen atoms in total. The molecule has 0 spiro atoms. The van der Waals surface area contributed by atoms with Crippen LogP contribution in [0.15, 0.2) is 48.6 Å². The fourth-order valence-electron chi connectivity index (χ4n) is 1.58. The standard InChI is InChI=1S/C11H18O.C9H14O/c1-2-3-4-5-6-7-8-9-10-11-12;1-2-3-4-5-6-7-8-9-10/h7-11H,2-6H2,1H3;5-9H,2-4H2,1H3/b;6-5+,8-7+. The molecule has 0 bridgehead atoms. The van der Waals surface area contributed by atoms with Crippen LogP contribution in [0.25, 0.3) is 0 Å². The molecule has 22 heavy (non-hydrogen) atoms. The van der Waals surface area contributed by atoms with Crippen LogP contribution in [0.5, 0.6) is 0 Å². The minimum Gasteiger partial charge on any atom is -0.299 e. The highest BCUT2D eigenvalue weighted by atomic mass is 16.1. The Bertz CT molecular complexity index is 336. The van der Waals surface area contributed by atoms with Crippen molar-refractivity contribution in [2.45, 2.75) is 65.2 Å². The van der Waals surface area contributed by atoms with E-state index in [1.165, 1.54) is 50.7 Å². The van der Waals surface area contributed by atoms with Crippen molar-refractivity contribution < 1.29 is 9.59 Å². The van der Waals surface area contributed by atoms with E-state index in [9.17, 15) is 9.59 Å². The van der Waals surface area contributed by atoms with Crippen LogP contribution in [-0.4, -0.2) is 12.6 Å². The first kappa shape index (κ1) is 22.6. The molecule has 0 aromatic heterocycles. The van der Waals surface area contributed by atoms with Gasteiger partial charge >= 0.3 is 0 Å². The Hall–Kier alpha value is -1.70. The van der Waals surface area contributed by atoms with E-state index >= 15 is 0 Å². The lowest BCUT2D eigenvalue weighted by Crippen LogP contribution is -1.73. The molecule has 0 unspecified atom stereocenters. The Labute approximate surface area is 136 Å². The Morgan fingerprint density at radius 1 is 0.545 bits per heavy atom. The summed E-state index contributed by atoms with van der Waals surface area (Å²) in [6, 6.07) is 0. The van der Waals surface area contributed by atoms with E-state index in [-0.39, 0.29) is 0 Å². The van der Waals surface area contributed by atoms with Crippen LogP contribution in [0.2, 0.25) is 0 Å². The first-order valence-corrected chi connectivity index (χ1v) is 8.37. The Morgan fingerprint density at radius 3 is 1.50 bits per heavy atom. The number of hydrogen-bond donors (Lipinski definition) is 0. The maximum atomic E-state index is 9.86. The highest BCUT2D eigenvalue weighted by Gasteiger charge is 1.82. The molecule has 0 saturated carbocycles. The minimum absolute atomic E-state index is 0.782. The second-order valence-electron chi connectivity index (χ2n) is 4.89. The summed E-state index contributed by atoms with van der Waals surface area (Å²) in [7, 11) is 0. The van der Waals surface area contributed by atoms with Crippen molar-refractivity contribution in [1.29, 1.82) is 0 Å². The van der Waals surface area contributed by atoms with Crippen molar-refractivity contribution in [3.63, 3.8) is 0 Å². The van der Waals surface area contributed by atoms with Crippen LogP contribution in [0.3, 0.4) is 0 Å². The lowest BCUT2D eigenvalue weighted by Gasteiger charge is -1.92. The number of carbonyl (C=O) groups excluding carboxylic acids is 2. The Balaban J connectivity index is 0. The van der Waals surface area contributed by atoms with E-state index < -0.39 is 0 Å². The number of unbranched alkanes of at least 4 members (excludes halogenated alkanes) is 6. The van der Waals surface area contributed by atoms with Crippen LogP contribution in [0.1, 0.15) is 65.2 Å². The number of rotatable bonds is 12. The highest BCUT2D eigenvalue weighted by Crippen LogP contribution is 2.02. The molecule has 124 valence electrons. The summed E-state index contributed by atoms with van der Waals surface area (Å²) < 4.78 is 0. The lowest BCUT2D eigenvalue weighted by molar-refractivity contribution is -0.104. The Kier molecular flexibility index (Phi) is 25.0. The summed E-state index contributed by atoms with van der Waals surface area (Å²) >= 11 is 0. The molecule has 0 rings (SSSR count). The third-order valence-corrected chi connectivity index (χ3v) is 2.82. The Morgan fingerprint density at radius 2 is 1.05 bits per heavy atom. The van der Waals surface area contributed by atoms with Gasteiger partial charge in [-0.3, -0.25) is 9.59 Å². The third-order valence-electron chi connectivity index (χ3n) is 2.82. The quantitative estimate of drug-likeness (QED) is 0.199. The van der Waals surface area contributed by atoms with E-state index in [2.05, 4.69) is 26.0 Å². The van der Waals surface area contributed by atoms with Crippen molar-refractivity contribution in [3.05, 3.63) is 48.6 Å². The molecule has 0 aromatic rings. The SMILES string of the molecule is CCCC/C=C/C=C/C=O.CCCCCCC=CC=CC=O. The van der Waals surface area contributed by atoms with Crippen molar-refractivity contribution in [2.75, 3.05) is 0 Å². The normalized spacial score (nSPS) is 11.4. The van der Waals surface area contributed by atoms with Gasteiger partial charge in [0.15, 0.2) is 0 Å². The fraction of sp³-hybridized carbons (Fsp3) is 0.500. The average molecular weight is 304 g/mol. The van der Waals surface area contributed by atoms with Crippen molar-refractivity contribution in [2.24, 2.45) is 0 Å². The molecule has 0 fully saturated rings. The molecule has 0 amide bonds. The van der Waals surface area contributed by atoms with E-state index in [1.807, 2.05) is 12.2 Å². The van der Waals surface area contributed by atoms with Gasteiger partial charge in [-0.15, -0.1) is 0 Å². The van der Waals surface area contributed by atoms with Gasteiger partial charge in [0.25, 0.3) is 0 Å². The first-order valence-electron chi connectivity index (χ1n) is 8.37. The van der Waals surface area contributed by atoms with Gasteiger partial charge in [0.1, 0.15) is 12.6 Å². The number of carbonyl (C=O) groups is 2. The second kappa shape index (κ2) is 24.3. The molecule has 0 aliphatic rings. The molecule has 0 heterocycles. The van der Waals surface area contributed by atoms with Crippen molar-refractivity contribution in [1.82, 2.24) is 0 Å². The molecule has 0 aliphatic heterocycles. The molecule has 0 aromatic carbocycles. The van der Waals surface area contributed by atoms with Crippen molar-refractivity contribution >= 4 is 12.6 Å². The molecular weight excluding hydrogens is 272 g/mol. The first-order chi connectivity index (χ1) is 10.8. The van der Waals surface area contributed by atoms with Gasteiger partial charge < -0.3 is 0 Å².